The first-order valence-corrected chi connectivity index (χ1v) is 15.3. The Labute approximate surface area is 258 Å². The highest BCUT2D eigenvalue weighted by Crippen LogP contribution is 2.42. The van der Waals surface area contributed by atoms with Gasteiger partial charge in [-0.25, -0.2) is 14.5 Å². The number of hydrogen-bond acceptors (Lipinski definition) is 5. The van der Waals surface area contributed by atoms with Crippen LogP contribution in [-0.2, 0) is 20.9 Å². The van der Waals surface area contributed by atoms with E-state index in [1.165, 1.54) is 0 Å². The fourth-order valence-electron chi connectivity index (χ4n) is 6.16. The van der Waals surface area contributed by atoms with Crippen molar-refractivity contribution in [2.24, 2.45) is 5.92 Å². The number of nitrogens with zero attached hydrogens (tertiary/aromatic N) is 2. The van der Waals surface area contributed by atoms with Gasteiger partial charge >= 0.3 is 18.0 Å². The second-order valence-electron chi connectivity index (χ2n) is 12.4. The number of carbonyl (C=O) groups is 5. The van der Waals surface area contributed by atoms with E-state index in [1.807, 2.05) is 57.2 Å². The first-order valence-electron chi connectivity index (χ1n) is 15.3. The minimum absolute atomic E-state index is 0.000496. The third-order valence-corrected chi connectivity index (χ3v) is 8.38. The maximum Gasteiger partial charge on any atom is 0.328 e. The number of carboxylic acid groups (broad SMARTS) is 1. The van der Waals surface area contributed by atoms with E-state index in [1.54, 1.807) is 24.0 Å². The zero-order chi connectivity index (χ0) is 32.0. The Morgan fingerprint density at radius 3 is 2.20 bits per heavy atom. The molecule has 0 bridgehead atoms. The van der Waals surface area contributed by atoms with Gasteiger partial charge in [0.25, 0.3) is 5.91 Å². The highest BCUT2D eigenvalue weighted by Gasteiger charge is 2.59. The highest BCUT2D eigenvalue weighted by atomic mass is 16.4. The number of carboxylic acids is 1. The summed E-state index contributed by atoms with van der Waals surface area (Å²) in [6, 6.07) is 12.0. The molecule has 6 amide bonds. The lowest BCUT2D eigenvalue weighted by Crippen LogP contribution is -2.54. The fraction of sp³-hybridized carbons (Fsp3) is 0.485. The Balaban J connectivity index is 1.54. The van der Waals surface area contributed by atoms with Crippen molar-refractivity contribution in [2.75, 3.05) is 10.6 Å². The van der Waals surface area contributed by atoms with Crippen LogP contribution in [0.1, 0.15) is 76.8 Å². The Bertz CT molecular complexity index is 1390. The van der Waals surface area contributed by atoms with Crippen LogP contribution in [0.2, 0.25) is 0 Å². The van der Waals surface area contributed by atoms with Crippen molar-refractivity contribution < 1.29 is 29.1 Å². The van der Waals surface area contributed by atoms with Gasteiger partial charge in [-0.3, -0.25) is 14.4 Å². The van der Waals surface area contributed by atoms with Crippen LogP contribution in [0.4, 0.5) is 21.0 Å². The zero-order valence-electron chi connectivity index (χ0n) is 25.9. The van der Waals surface area contributed by atoms with Gasteiger partial charge in [0.2, 0.25) is 5.91 Å². The molecular formula is C33H43N5O6. The predicted octanol–water partition coefficient (Wildman–Crippen LogP) is 5.50. The topological polar surface area (TPSA) is 148 Å². The molecule has 1 saturated carbocycles. The molecule has 11 nitrogen and oxygen atoms in total. The van der Waals surface area contributed by atoms with E-state index in [2.05, 4.69) is 16.0 Å². The number of aryl methyl sites for hydroxylation is 1. The van der Waals surface area contributed by atoms with Crippen molar-refractivity contribution in [1.29, 1.82) is 0 Å². The summed E-state index contributed by atoms with van der Waals surface area (Å²) in [5, 5.41) is 17.5. The number of para-hydroxylation sites is 1. The van der Waals surface area contributed by atoms with Crippen LogP contribution in [-0.4, -0.2) is 62.4 Å². The largest absolute Gasteiger partial charge is 0.481 e. The van der Waals surface area contributed by atoms with Crippen molar-refractivity contribution in [1.82, 2.24) is 15.1 Å². The average Bonchev–Trinajstić information content (AvgIpc) is 3.14. The summed E-state index contributed by atoms with van der Waals surface area (Å²) in [5.74, 6) is -1.94. The number of urea groups is 2. The molecule has 236 valence electrons. The number of hydrogen-bond donors (Lipinski definition) is 4. The first kappa shape index (κ1) is 32.5. The molecule has 1 aliphatic carbocycles. The predicted molar refractivity (Wildman–Crippen MR) is 167 cm³/mol. The van der Waals surface area contributed by atoms with Crippen molar-refractivity contribution in [2.45, 2.75) is 96.8 Å². The molecule has 2 aliphatic rings. The summed E-state index contributed by atoms with van der Waals surface area (Å²) in [6.45, 7) is 7.49. The maximum atomic E-state index is 14.2. The zero-order valence-corrected chi connectivity index (χ0v) is 25.9. The summed E-state index contributed by atoms with van der Waals surface area (Å²) in [4.78, 5) is 68.2. The van der Waals surface area contributed by atoms with Crippen LogP contribution in [0.15, 0.2) is 48.5 Å². The number of anilines is 2. The molecule has 4 rings (SSSR count). The molecule has 2 aromatic carbocycles. The summed E-state index contributed by atoms with van der Waals surface area (Å²) in [5.41, 5.74) is 1.96. The third kappa shape index (κ3) is 7.38. The minimum atomic E-state index is -1.05. The van der Waals surface area contributed by atoms with E-state index >= 15 is 0 Å². The molecule has 2 fully saturated rings. The molecule has 4 N–H and O–H groups in total. The van der Waals surface area contributed by atoms with Crippen molar-refractivity contribution >= 4 is 41.2 Å². The van der Waals surface area contributed by atoms with Gasteiger partial charge in [-0.15, -0.1) is 0 Å². The van der Waals surface area contributed by atoms with Crippen LogP contribution in [0.3, 0.4) is 0 Å². The van der Waals surface area contributed by atoms with E-state index in [-0.39, 0.29) is 37.2 Å². The Morgan fingerprint density at radius 2 is 1.59 bits per heavy atom. The summed E-state index contributed by atoms with van der Waals surface area (Å²) >= 11 is 0. The molecule has 0 unspecified atom stereocenters. The molecule has 2 atom stereocenters. The summed E-state index contributed by atoms with van der Waals surface area (Å²) in [6.07, 6.45) is 3.56. The molecule has 11 heteroatoms. The maximum absolute atomic E-state index is 14.2. The smallest absolute Gasteiger partial charge is 0.328 e. The molecular weight excluding hydrogens is 562 g/mol. The van der Waals surface area contributed by atoms with E-state index in [0.717, 1.165) is 35.3 Å². The quantitative estimate of drug-likeness (QED) is 0.249. The lowest BCUT2D eigenvalue weighted by molar-refractivity contribution is -0.142. The highest BCUT2D eigenvalue weighted by molar-refractivity contribution is 6.10. The molecule has 1 aliphatic heterocycles. The van der Waals surface area contributed by atoms with Gasteiger partial charge in [0, 0.05) is 24.0 Å². The third-order valence-electron chi connectivity index (χ3n) is 8.38. The molecule has 1 heterocycles. The fourth-order valence-corrected chi connectivity index (χ4v) is 6.16. The van der Waals surface area contributed by atoms with Gasteiger partial charge in [-0.05, 0) is 68.4 Å². The molecule has 1 spiro atoms. The van der Waals surface area contributed by atoms with Gasteiger partial charge in [-0.1, -0.05) is 63.4 Å². The number of imide groups is 1. The number of nitrogens with one attached hydrogen (secondary N) is 3. The Hall–Kier alpha value is -4.41. The van der Waals surface area contributed by atoms with Crippen molar-refractivity contribution in [3.63, 3.8) is 0 Å². The SMILES string of the molecule is Cc1ccccc1NC(=O)Nc1ccc(CN2C(=O)N([C@@H](CC(C)C)C(=O)N[C@H](C)CC(=O)O)C(=O)C23CCCCC3)cc1. The van der Waals surface area contributed by atoms with Crippen LogP contribution in [0, 0.1) is 12.8 Å². The van der Waals surface area contributed by atoms with E-state index in [4.69, 9.17) is 5.11 Å². The van der Waals surface area contributed by atoms with Crippen molar-refractivity contribution in [3.05, 3.63) is 59.7 Å². The van der Waals surface area contributed by atoms with Gasteiger partial charge in [0.15, 0.2) is 0 Å². The summed E-state index contributed by atoms with van der Waals surface area (Å²) < 4.78 is 0. The standard InChI is InChI=1S/C33H43N5O6/c1-21(2)18-27(29(41)34-23(4)19-28(39)40)38-30(42)33(16-8-5-9-17-33)37(32(38)44)20-24-12-14-25(15-13-24)35-31(43)36-26-11-7-6-10-22(26)3/h6-7,10-15,21,23,27H,5,8-9,16-20H2,1-4H3,(H,34,41)(H,39,40)(H2,35,36,43)/t23-,27+/m1/s1. The number of benzene rings is 2. The van der Waals surface area contributed by atoms with Crippen LogP contribution in [0.25, 0.3) is 0 Å². The molecule has 44 heavy (non-hydrogen) atoms. The second kappa shape index (κ2) is 13.9. The first-order chi connectivity index (χ1) is 20.9. The van der Waals surface area contributed by atoms with Crippen molar-refractivity contribution in [3.8, 4) is 0 Å². The lowest BCUT2D eigenvalue weighted by atomic mass is 9.80. The number of aliphatic carboxylic acids is 1. The van der Waals surface area contributed by atoms with Crippen LogP contribution >= 0.6 is 0 Å². The van der Waals surface area contributed by atoms with E-state index in [9.17, 15) is 24.0 Å². The van der Waals surface area contributed by atoms with E-state index in [0.29, 0.717) is 24.2 Å². The van der Waals surface area contributed by atoms with E-state index < -0.39 is 35.5 Å². The number of amides is 6. The van der Waals surface area contributed by atoms with Crippen LogP contribution in [0.5, 0.6) is 0 Å². The Morgan fingerprint density at radius 1 is 0.932 bits per heavy atom. The summed E-state index contributed by atoms with van der Waals surface area (Å²) in [7, 11) is 0. The number of rotatable bonds is 11. The lowest BCUT2D eigenvalue weighted by Gasteiger charge is -2.38. The van der Waals surface area contributed by atoms with Gasteiger partial charge in [0.1, 0.15) is 11.6 Å². The average molecular weight is 606 g/mol. The van der Waals surface area contributed by atoms with Gasteiger partial charge in [-0.2, -0.15) is 0 Å². The van der Waals surface area contributed by atoms with Gasteiger partial charge < -0.3 is 26.0 Å². The normalized spacial score (nSPS) is 17.5. The minimum Gasteiger partial charge on any atom is -0.481 e. The molecule has 0 radical (unpaired) electrons. The molecule has 1 saturated heterocycles. The molecule has 2 aromatic rings. The van der Waals surface area contributed by atoms with Crippen LogP contribution < -0.4 is 16.0 Å². The second-order valence-corrected chi connectivity index (χ2v) is 12.4. The monoisotopic (exact) mass is 605 g/mol. The Kier molecular flexibility index (Phi) is 10.3. The number of carbonyl (C=O) groups excluding carboxylic acids is 4. The molecule has 0 aromatic heterocycles. The van der Waals surface area contributed by atoms with Gasteiger partial charge in [0.05, 0.1) is 6.42 Å².